The van der Waals surface area contributed by atoms with Crippen molar-refractivity contribution in [3.63, 3.8) is 0 Å². The van der Waals surface area contributed by atoms with E-state index in [0.717, 1.165) is 0 Å². The maximum absolute atomic E-state index is 13.7. The minimum absolute atomic E-state index is 0.121. The first kappa shape index (κ1) is 18.9. The summed E-state index contributed by atoms with van der Waals surface area (Å²) in [5.74, 6) is -13.9. The van der Waals surface area contributed by atoms with Gasteiger partial charge in [0.25, 0.3) is 0 Å². The molecule has 2 aromatic rings. The van der Waals surface area contributed by atoms with Crippen molar-refractivity contribution in [1.29, 1.82) is 0 Å². The SMILES string of the molecule is O=C(O)CNP(Oc1ccccc1)Oc1c(F)c(F)c(F)c(F)c1F. The van der Waals surface area contributed by atoms with E-state index in [1.165, 1.54) is 12.1 Å². The quantitative estimate of drug-likeness (QED) is 0.331. The summed E-state index contributed by atoms with van der Waals surface area (Å²) in [6, 6.07) is 7.54. The number of para-hydroxylation sites is 1. The summed E-state index contributed by atoms with van der Waals surface area (Å²) in [6.07, 6.45) is 0. The van der Waals surface area contributed by atoms with Crippen LogP contribution in [0.25, 0.3) is 0 Å². The zero-order valence-electron chi connectivity index (χ0n) is 12.1. The topological polar surface area (TPSA) is 67.8 Å². The zero-order chi connectivity index (χ0) is 18.6. The summed E-state index contributed by atoms with van der Waals surface area (Å²) in [7, 11) is -2.58. The molecule has 0 amide bonds. The molecule has 1 unspecified atom stereocenters. The highest BCUT2D eigenvalue weighted by molar-refractivity contribution is 7.45. The first-order chi connectivity index (χ1) is 11.8. The third-order valence-corrected chi connectivity index (χ3v) is 3.78. The van der Waals surface area contributed by atoms with Crippen LogP contribution in [0.5, 0.6) is 11.5 Å². The lowest BCUT2D eigenvalue weighted by atomic mass is 10.3. The molecule has 11 heteroatoms. The molecule has 2 aromatic carbocycles. The van der Waals surface area contributed by atoms with Gasteiger partial charge in [-0.1, -0.05) is 18.2 Å². The molecule has 0 aromatic heterocycles. The molecule has 0 saturated heterocycles. The third-order valence-electron chi connectivity index (χ3n) is 2.63. The lowest BCUT2D eigenvalue weighted by molar-refractivity contribution is -0.135. The zero-order valence-corrected chi connectivity index (χ0v) is 13.0. The van der Waals surface area contributed by atoms with Gasteiger partial charge in [-0.05, 0) is 12.1 Å². The van der Waals surface area contributed by atoms with Crippen LogP contribution in [0.4, 0.5) is 22.0 Å². The van der Waals surface area contributed by atoms with E-state index >= 15 is 0 Å². The van der Waals surface area contributed by atoms with Crippen LogP contribution in [0.2, 0.25) is 0 Å². The highest BCUT2D eigenvalue weighted by atomic mass is 31.2. The normalized spacial score (nSPS) is 11.9. The molecule has 1 atom stereocenters. The minimum atomic E-state index is -2.58. The van der Waals surface area contributed by atoms with Crippen molar-refractivity contribution in [2.75, 3.05) is 6.54 Å². The fraction of sp³-hybridized carbons (Fsp3) is 0.0714. The molecule has 0 aliphatic carbocycles. The van der Waals surface area contributed by atoms with Crippen LogP contribution in [-0.4, -0.2) is 17.6 Å². The first-order valence-corrected chi connectivity index (χ1v) is 7.66. The lowest BCUT2D eigenvalue weighted by Gasteiger charge is -2.19. The monoisotopic (exact) mass is 381 g/mol. The van der Waals surface area contributed by atoms with Crippen molar-refractivity contribution in [3.05, 3.63) is 59.4 Å². The van der Waals surface area contributed by atoms with E-state index in [0.29, 0.717) is 0 Å². The molecule has 0 fully saturated rings. The fourth-order valence-electron chi connectivity index (χ4n) is 1.54. The van der Waals surface area contributed by atoms with Crippen molar-refractivity contribution >= 4 is 14.5 Å². The molecule has 0 spiro atoms. The Hall–Kier alpha value is -2.45. The van der Waals surface area contributed by atoms with Gasteiger partial charge in [0.2, 0.25) is 34.8 Å². The van der Waals surface area contributed by atoms with Crippen LogP contribution in [0.3, 0.4) is 0 Å². The van der Waals surface area contributed by atoms with Crippen LogP contribution >= 0.6 is 8.53 Å². The lowest BCUT2D eigenvalue weighted by Crippen LogP contribution is -2.22. The summed E-state index contributed by atoms with van der Waals surface area (Å²) in [5, 5.41) is 10.8. The maximum Gasteiger partial charge on any atom is 0.382 e. The molecule has 0 bridgehead atoms. The van der Waals surface area contributed by atoms with Crippen molar-refractivity contribution in [3.8, 4) is 11.5 Å². The smallest absolute Gasteiger partial charge is 0.382 e. The maximum atomic E-state index is 13.7. The van der Waals surface area contributed by atoms with Crippen molar-refractivity contribution in [2.24, 2.45) is 0 Å². The average Bonchev–Trinajstić information content (AvgIpc) is 2.60. The van der Waals surface area contributed by atoms with E-state index in [1.54, 1.807) is 18.2 Å². The number of carbonyl (C=O) groups is 1. The molecule has 2 rings (SSSR count). The second kappa shape index (κ2) is 8.09. The van der Waals surface area contributed by atoms with Crippen molar-refractivity contribution < 1.29 is 40.9 Å². The van der Waals surface area contributed by atoms with Gasteiger partial charge >= 0.3 is 14.5 Å². The Kier molecular flexibility index (Phi) is 6.11. The summed E-state index contributed by atoms with van der Waals surface area (Å²) >= 11 is 0. The Morgan fingerprint density at radius 1 is 0.920 bits per heavy atom. The second-order valence-corrected chi connectivity index (χ2v) is 5.58. The molecule has 0 radical (unpaired) electrons. The van der Waals surface area contributed by atoms with Crippen molar-refractivity contribution in [2.45, 2.75) is 0 Å². The fourth-order valence-corrected chi connectivity index (χ4v) is 2.61. The number of aliphatic carboxylic acids is 1. The molecule has 0 saturated carbocycles. The average molecular weight is 381 g/mol. The van der Waals surface area contributed by atoms with Gasteiger partial charge in [-0.2, -0.15) is 8.78 Å². The number of halogens is 5. The Bertz CT molecular complexity index is 749. The number of rotatable bonds is 7. The molecular weight excluding hydrogens is 372 g/mol. The molecule has 5 nitrogen and oxygen atoms in total. The Labute approximate surface area is 139 Å². The van der Waals surface area contributed by atoms with E-state index in [-0.39, 0.29) is 5.75 Å². The van der Waals surface area contributed by atoms with Crippen LogP contribution in [-0.2, 0) is 4.79 Å². The van der Waals surface area contributed by atoms with Gasteiger partial charge in [-0.15, -0.1) is 0 Å². The molecule has 2 N–H and O–H groups in total. The number of hydrogen-bond acceptors (Lipinski definition) is 4. The molecule has 25 heavy (non-hydrogen) atoms. The van der Waals surface area contributed by atoms with E-state index in [4.69, 9.17) is 14.2 Å². The van der Waals surface area contributed by atoms with Gasteiger partial charge in [0.15, 0.2) is 0 Å². The third kappa shape index (κ3) is 4.55. The van der Waals surface area contributed by atoms with Crippen LogP contribution < -0.4 is 14.1 Å². The van der Waals surface area contributed by atoms with Gasteiger partial charge in [-0.3, -0.25) is 4.79 Å². The van der Waals surface area contributed by atoms with Crippen LogP contribution in [0.15, 0.2) is 30.3 Å². The van der Waals surface area contributed by atoms with E-state index in [1.807, 2.05) is 0 Å². The molecule has 0 aliphatic rings. The van der Waals surface area contributed by atoms with Gasteiger partial charge in [0, 0.05) is 0 Å². The van der Waals surface area contributed by atoms with Crippen molar-refractivity contribution in [1.82, 2.24) is 5.09 Å². The highest BCUT2D eigenvalue weighted by Crippen LogP contribution is 2.40. The molecule has 134 valence electrons. The van der Waals surface area contributed by atoms with Crippen LogP contribution in [0, 0.1) is 29.1 Å². The predicted molar refractivity (Wildman–Crippen MR) is 76.5 cm³/mol. The summed E-state index contributed by atoms with van der Waals surface area (Å²) in [4.78, 5) is 10.6. The number of hydrogen-bond donors (Lipinski definition) is 2. The van der Waals surface area contributed by atoms with E-state index in [2.05, 4.69) is 5.09 Å². The standard InChI is InChI=1S/C14H9F5NO4P/c15-9-10(16)12(18)14(13(19)11(9)17)24-25(20-6-8(21)22)23-7-4-2-1-3-5-7/h1-5,20H,6H2,(H,21,22). The van der Waals surface area contributed by atoms with Gasteiger partial charge in [0.05, 0.1) is 0 Å². The van der Waals surface area contributed by atoms with Gasteiger partial charge < -0.3 is 14.2 Å². The second-order valence-electron chi connectivity index (χ2n) is 4.38. The summed E-state index contributed by atoms with van der Waals surface area (Å²) in [5.41, 5.74) is 0. The molecular formula is C14H9F5NO4P. The van der Waals surface area contributed by atoms with Gasteiger partial charge in [0.1, 0.15) is 12.3 Å². The van der Waals surface area contributed by atoms with Crippen LogP contribution in [0.1, 0.15) is 0 Å². The minimum Gasteiger partial charge on any atom is -0.480 e. The summed E-state index contributed by atoms with van der Waals surface area (Å²) < 4.78 is 76.7. The summed E-state index contributed by atoms with van der Waals surface area (Å²) in [6.45, 7) is -0.742. The van der Waals surface area contributed by atoms with Gasteiger partial charge in [-0.25, -0.2) is 18.3 Å². The molecule has 0 heterocycles. The largest absolute Gasteiger partial charge is 0.480 e. The Balaban J connectivity index is 2.31. The highest BCUT2D eigenvalue weighted by Gasteiger charge is 2.30. The van der Waals surface area contributed by atoms with E-state index < -0.39 is 55.9 Å². The number of carboxylic acids is 1. The number of nitrogens with one attached hydrogen (secondary N) is 1. The number of benzene rings is 2. The molecule has 0 aliphatic heterocycles. The predicted octanol–water partition coefficient (Wildman–Crippen LogP) is 3.74. The Morgan fingerprint density at radius 2 is 1.44 bits per heavy atom. The number of carboxylic acid groups (broad SMARTS) is 1. The first-order valence-electron chi connectivity index (χ1n) is 6.49. The van der Waals surface area contributed by atoms with E-state index in [9.17, 15) is 26.7 Å². The Morgan fingerprint density at radius 3 is 1.96 bits per heavy atom.